The highest BCUT2D eigenvalue weighted by Crippen LogP contribution is 2.54. The number of rotatable bonds is 4. The van der Waals surface area contributed by atoms with E-state index in [1.807, 2.05) is 24.4 Å². The topological polar surface area (TPSA) is 17.3 Å². The monoisotopic (exact) mass is 738 g/mol. The number of hydrogen-bond donors (Lipinski definition) is 0. The van der Waals surface area contributed by atoms with Gasteiger partial charge >= 0.3 is 0 Å². The van der Waals surface area contributed by atoms with Gasteiger partial charge in [-0.15, -0.1) is 0 Å². The average Bonchev–Trinajstić information content (AvgIpc) is 3.80. The maximum atomic E-state index is 4.86. The molecule has 58 heavy (non-hydrogen) atoms. The lowest BCUT2D eigenvalue weighted by Gasteiger charge is -2.24. The third-order valence-corrected chi connectivity index (χ3v) is 12.8. The van der Waals surface area contributed by atoms with Crippen molar-refractivity contribution in [1.82, 2.24) is 9.38 Å². The minimum atomic E-state index is -0.208. The molecule has 12 rings (SSSR count). The molecule has 0 atom stereocenters. The summed E-state index contributed by atoms with van der Waals surface area (Å²) in [5.74, 6) is 0. The van der Waals surface area contributed by atoms with Gasteiger partial charge in [0.15, 0.2) is 0 Å². The van der Waals surface area contributed by atoms with E-state index in [1.54, 1.807) is 0 Å². The summed E-state index contributed by atoms with van der Waals surface area (Å²) in [7, 11) is 0. The Morgan fingerprint density at radius 2 is 0.931 bits per heavy atom. The number of aromatic nitrogens is 2. The normalized spacial score (nSPS) is 13.1. The van der Waals surface area contributed by atoms with Crippen LogP contribution in [0.5, 0.6) is 0 Å². The number of benzene rings is 9. The van der Waals surface area contributed by atoms with Crippen LogP contribution in [0.25, 0.3) is 105 Å². The lowest BCUT2D eigenvalue weighted by Crippen LogP contribution is -2.15. The van der Waals surface area contributed by atoms with E-state index in [0.717, 1.165) is 16.9 Å². The maximum Gasteiger partial charge on any atom is 0.137 e. The minimum absolute atomic E-state index is 0.208. The zero-order chi connectivity index (χ0) is 38.5. The first-order valence-electron chi connectivity index (χ1n) is 20.2. The van der Waals surface area contributed by atoms with Gasteiger partial charge in [-0.2, -0.15) is 0 Å². The molecule has 0 saturated carbocycles. The fourth-order valence-electron chi connectivity index (χ4n) is 9.80. The van der Waals surface area contributed by atoms with Crippen LogP contribution in [0.3, 0.4) is 0 Å². The van der Waals surface area contributed by atoms with Gasteiger partial charge in [-0.3, -0.25) is 0 Å². The van der Waals surface area contributed by atoms with Crippen LogP contribution in [0.15, 0.2) is 194 Å². The van der Waals surface area contributed by atoms with E-state index in [0.29, 0.717) is 0 Å². The maximum absolute atomic E-state index is 4.86. The molecule has 1 aliphatic carbocycles. The van der Waals surface area contributed by atoms with Crippen LogP contribution >= 0.6 is 0 Å². The molecule has 0 aliphatic heterocycles. The smallest absolute Gasteiger partial charge is 0.137 e. The fraction of sp³-hybridized carbons (Fsp3) is 0.0536. The Bertz CT molecular complexity index is 3440. The number of hydrogen-bond acceptors (Lipinski definition) is 1. The lowest BCUT2D eigenvalue weighted by atomic mass is 9.79. The first-order chi connectivity index (χ1) is 28.5. The zero-order valence-electron chi connectivity index (χ0n) is 32.4. The molecule has 2 heterocycles. The van der Waals surface area contributed by atoms with Crippen LogP contribution in [0.2, 0.25) is 0 Å². The molecule has 0 radical (unpaired) electrons. The van der Waals surface area contributed by atoms with E-state index < -0.39 is 0 Å². The molecule has 272 valence electrons. The van der Waals surface area contributed by atoms with Crippen LogP contribution in [0, 0.1) is 0 Å². The van der Waals surface area contributed by atoms with E-state index in [4.69, 9.17) is 4.98 Å². The highest BCUT2D eigenvalue weighted by molar-refractivity contribution is 6.23. The summed E-state index contributed by atoms with van der Waals surface area (Å²) >= 11 is 0. The molecule has 1 aliphatic rings. The highest BCUT2D eigenvalue weighted by atomic mass is 15.0. The molecule has 11 aromatic rings. The molecular formula is C56H38N2. The SMILES string of the molecule is CC1(C)c2cc(-c3ccc(-c4cn5ccccc5n4)cc3)ccc2-c2cc3c(-c4ccc5ccccc5c4)c4ccccc4c(-c4ccc5ccccc5c4)c3cc21. The lowest BCUT2D eigenvalue weighted by molar-refractivity contribution is 0.661. The van der Waals surface area contributed by atoms with Crippen molar-refractivity contribution in [1.29, 1.82) is 0 Å². The molecule has 0 amide bonds. The average molecular weight is 739 g/mol. The van der Waals surface area contributed by atoms with Crippen LogP contribution in [-0.2, 0) is 5.41 Å². The van der Waals surface area contributed by atoms with Crippen molar-refractivity contribution >= 4 is 48.7 Å². The van der Waals surface area contributed by atoms with E-state index in [1.165, 1.54) is 98.7 Å². The van der Waals surface area contributed by atoms with E-state index in [2.05, 4.69) is 188 Å². The van der Waals surface area contributed by atoms with Gasteiger partial charge in [-0.25, -0.2) is 4.98 Å². The Balaban J connectivity index is 1.07. The van der Waals surface area contributed by atoms with Gasteiger partial charge in [-0.05, 0) is 141 Å². The van der Waals surface area contributed by atoms with Gasteiger partial charge in [0.2, 0.25) is 0 Å². The summed E-state index contributed by atoms with van der Waals surface area (Å²) < 4.78 is 2.07. The van der Waals surface area contributed by atoms with Gasteiger partial charge in [0.25, 0.3) is 0 Å². The number of pyridine rings is 1. The van der Waals surface area contributed by atoms with Crippen LogP contribution in [0.1, 0.15) is 25.0 Å². The molecule has 2 heteroatoms. The Kier molecular flexibility index (Phi) is 7.01. The van der Waals surface area contributed by atoms with Gasteiger partial charge in [0.1, 0.15) is 5.65 Å². The minimum Gasteiger partial charge on any atom is -0.306 e. The first-order valence-corrected chi connectivity index (χ1v) is 20.2. The van der Waals surface area contributed by atoms with Crippen LogP contribution in [-0.4, -0.2) is 9.38 Å². The molecule has 9 aromatic carbocycles. The van der Waals surface area contributed by atoms with Crippen molar-refractivity contribution in [3.8, 4) is 55.8 Å². The standard InChI is InChI=1S/C56H38N2/c1-56(2)50-31-41(37-18-22-38(23-19-37)52-34-58-28-10-9-17-53(58)57-52)26-27-44(50)47-32-48-49(33-51(47)56)55(43-25-21-36-12-4-6-14-40(36)30-43)46-16-8-7-15-45(46)54(48)42-24-20-35-11-3-5-13-39(35)29-42/h3-34H,1-2H3. The number of nitrogens with zero attached hydrogens (tertiary/aromatic N) is 2. The third-order valence-electron chi connectivity index (χ3n) is 12.8. The quantitative estimate of drug-likeness (QED) is 0.164. The van der Waals surface area contributed by atoms with Crippen molar-refractivity contribution in [3.63, 3.8) is 0 Å². The molecule has 2 nitrogen and oxygen atoms in total. The van der Waals surface area contributed by atoms with Gasteiger partial charge in [-0.1, -0.05) is 153 Å². The molecule has 2 aromatic heterocycles. The van der Waals surface area contributed by atoms with Crippen molar-refractivity contribution in [3.05, 3.63) is 206 Å². The van der Waals surface area contributed by atoms with Crippen LogP contribution in [0.4, 0.5) is 0 Å². The molecule has 0 bridgehead atoms. The summed E-state index contributed by atoms with van der Waals surface area (Å²) in [5, 5.41) is 10.1. The Labute approximate surface area is 337 Å². The Morgan fingerprint density at radius 3 is 1.59 bits per heavy atom. The molecule has 0 N–H and O–H groups in total. The summed E-state index contributed by atoms with van der Waals surface area (Å²) in [6, 6.07) is 67.5. The number of fused-ring (bicyclic) bond motifs is 8. The van der Waals surface area contributed by atoms with Crippen molar-refractivity contribution in [2.45, 2.75) is 19.3 Å². The second-order valence-corrected chi connectivity index (χ2v) is 16.4. The number of imidazole rings is 1. The second kappa shape index (κ2) is 12.4. The Hall–Kier alpha value is -7.29. The zero-order valence-corrected chi connectivity index (χ0v) is 32.4. The van der Waals surface area contributed by atoms with Crippen molar-refractivity contribution in [2.75, 3.05) is 0 Å². The van der Waals surface area contributed by atoms with E-state index in [9.17, 15) is 0 Å². The van der Waals surface area contributed by atoms with Crippen molar-refractivity contribution < 1.29 is 0 Å². The van der Waals surface area contributed by atoms with Crippen molar-refractivity contribution in [2.24, 2.45) is 0 Å². The summed E-state index contributed by atoms with van der Waals surface area (Å²) in [6.07, 6.45) is 4.15. The second-order valence-electron chi connectivity index (χ2n) is 16.4. The van der Waals surface area contributed by atoms with E-state index in [-0.39, 0.29) is 5.41 Å². The third kappa shape index (κ3) is 4.95. The van der Waals surface area contributed by atoms with Crippen LogP contribution < -0.4 is 0 Å². The summed E-state index contributed by atoms with van der Waals surface area (Å²) in [6.45, 7) is 4.81. The molecule has 0 spiro atoms. The first kappa shape index (κ1) is 32.9. The molecular weight excluding hydrogens is 701 g/mol. The van der Waals surface area contributed by atoms with Gasteiger partial charge in [0, 0.05) is 23.4 Å². The summed E-state index contributed by atoms with van der Waals surface area (Å²) in [5.41, 5.74) is 15.7. The Morgan fingerprint density at radius 1 is 0.397 bits per heavy atom. The molecule has 0 unspecified atom stereocenters. The molecule has 0 fully saturated rings. The largest absolute Gasteiger partial charge is 0.306 e. The fourth-order valence-corrected chi connectivity index (χ4v) is 9.80. The predicted octanol–water partition coefficient (Wildman–Crippen LogP) is 14.9. The van der Waals surface area contributed by atoms with Gasteiger partial charge < -0.3 is 4.40 Å². The van der Waals surface area contributed by atoms with E-state index >= 15 is 0 Å². The summed E-state index contributed by atoms with van der Waals surface area (Å²) in [4.78, 5) is 4.86. The van der Waals surface area contributed by atoms with Gasteiger partial charge in [0.05, 0.1) is 5.69 Å². The predicted molar refractivity (Wildman–Crippen MR) is 245 cm³/mol. The highest BCUT2D eigenvalue weighted by Gasteiger charge is 2.37. The molecule has 0 saturated heterocycles.